The molecule has 0 radical (unpaired) electrons. The Hall–Kier alpha value is -3.30. The number of amides is 1. The second-order valence-corrected chi connectivity index (χ2v) is 6.31. The molecular formula is C16H20N8O2. The third kappa shape index (κ3) is 3.39. The van der Waals surface area contributed by atoms with Crippen LogP contribution in [0.2, 0.25) is 0 Å². The number of hydrogen-bond donors (Lipinski definition) is 1. The molecule has 3 aromatic rings. The van der Waals surface area contributed by atoms with E-state index in [1.54, 1.807) is 16.6 Å². The molecule has 0 saturated heterocycles. The highest BCUT2D eigenvalue weighted by molar-refractivity contribution is 5.89. The van der Waals surface area contributed by atoms with Crippen molar-refractivity contribution in [3.05, 3.63) is 40.8 Å². The molecule has 0 aromatic carbocycles. The molecule has 0 bridgehead atoms. The summed E-state index contributed by atoms with van der Waals surface area (Å²) in [5.41, 5.74) is -0.00456. The number of anilines is 2. The van der Waals surface area contributed by atoms with Gasteiger partial charge in [-0.1, -0.05) is 13.8 Å². The normalized spacial score (nSPS) is 11.1. The first kappa shape index (κ1) is 17.5. The van der Waals surface area contributed by atoms with Gasteiger partial charge >= 0.3 is 0 Å². The highest BCUT2D eigenvalue weighted by Gasteiger charge is 2.18. The summed E-state index contributed by atoms with van der Waals surface area (Å²) < 4.78 is 2.70. The van der Waals surface area contributed by atoms with Crippen LogP contribution in [0.4, 0.5) is 11.6 Å². The van der Waals surface area contributed by atoms with Crippen molar-refractivity contribution in [2.75, 3.05) is 24.3 Å². The predicted octanol–water partition coefficient (Wildman–Crippen LogP) is 0.509. The summed E-state index contributed by atoms with van der Waals surface area (Å²) in [7, 11) is 3.69. The summed E-state index contributed by atoms with van der Waals surface area (Å²) in [4.78, 5) is 34.5. The van der Waals surface area contributed by atoms with Crippen LogP contribution >= 0.6 is 0 Å². The highest BCUT2D eigenvalue weighted by Crippen LogP contribution is 2.16. The topological polar surface area (TPSA) is 110 Å². The van der Waals surface area contributed by atoms with E-state index in [2.05, 4.69) is 25.5 Å². The van der Waals surface area contributed by atoms with Gasteiger partial charge in [-0.05, 0) is 6.07 Å². The second-order valence-electron chi connectivity index (χ2n) is 6.31. The van der Waals surface area contributed by atoms with E-state index in [9.17, 15) is 9.59 Å². The van der Waals surface area contributed by atoms with Crippen LogP contribution in [0.1, 0.15) is 25.6 Å². The largest absolute Gasteiger partial charge is 0.361 e. The lowest BCUT2D eigenvalue weighted by atomic mass is 10.2. The molecule has 0 unspecified atom stereocenters. The van der Waals surface area contributed by atoms with Crippen molar-refractivity contribution in [3.8, 4) is 0 Å². The second kappa shape index (κ2) is 6.90. The van der Waals surface area contributed by atoms with Crippen LogP contribution in [0.25, 0.3) is 5.52 Å². The fourth-order valence-electron chi connectivity index (χ4n) is 2.41. The van der Waals surface area contributed by atoms with Crippen molar-refractivity contribution < 1.29 is 4.79 Å². The van der Waals surface area contributed by atoms with Crippen molar-refractivity contribution in [1.82, 2.24) is 29.4 Å². The molecule has 0 fully saturated rings. The zero-order chi connectivity index (χ0) is 18.8. The van der Waals surface area contributed by atoms with Crippen LogP contribution < -0.4 is 15.8 Å². The first-order valence-electron chi connectivity index (χ1n) is 8.11. The third-order valence-electron chi connectivity index (χ3n) is 3.71. The maximum Gasteiger partial charge on any atom is 0.293 e. The number of rotatable bonds is 5. The van der Waals surface area contributed by atoms with E-state index in [1.165, 1.54) is 12.5 Å². The number of nitrogens with zero attached hydrogens (tertiary/aromatic N) is 7. The van der Waals surface area contributed by atoms with E-state index >= 15 is 0 Å². The van der Waals surface area contributed by atoms with E-state index in [-0.39, 0.29) is 18.0 Å². The monoisotopic (exact) mass is 356 g/mol. The molecule has 0 aliphatic carbocycles. The summed E-state index contributed by atoms with van der Waals surface area (Å²) in [6.07, 6.45) is 2.85. The molecule has 1 amide bonds. The molecule has 0 atom stereocenters. The van der Waals surface area contributed by atoms with E-state index in [4.69, 9.17) is 0 Å². The summed E-state index contributed by atoms with van der Waals surface area (Å²) >= 11 is 0. The third-order valence-corrected chi connectivity index (χ3v) is 3.71. The number of carbonyl (C=O) groups is 1. The lowest BCUT2D eigenvalue weighted by Crippen LogP contribution is -2.32. The Labute approximate surface area is 149 Å². The molecular weight excluding hydrogens is 336 g/mol. The van der Waals surface area contributed by atoms with Gasteiger partial charge in [-0.2, -0.15) is 5.10 Å². The molecule has 3 aromatic heterocycles. The Bertz CT molecular complexity index is 991. The Kier molecular flexibility index (Phi) is 4.65. The minimum atomic E-state index is -0.398. The van der Waals surface area contributed by atoms with Crippen LogP contribution in [0.3, 0.4) is 0 Å². The minimum Gasteiger partial charge on any atom is -0.361 e. The maximum atomic E-state index is 12.7. The van der Waals surface area contributed by atoms with Crippen LogP contribution in [0.5, 0.6) is 0 Å². The zero-order valence-corrected chi connectivity index (χ0v) is 15.0. The standard InChI is InChI=1S/C16H20N8O2/c1-10(2)15-21-23(8-14(25)19-12-5-6-17-9-18-12)16(26)11-7-13(22(3)4)20-24(11)15/h5-7,9-10H,8H2,1-4H3,(H,17,18,19,25). The summed E-state index contributed by atoms with van der Waals surface area (Å²) in [5.74, 6) is 1.23. The van der Waals surface area contributed by atoms with Gasteiger partial charge in [0.05, 0.1) is 0 Å². The lowest BCUT2D eigenvalue weighted by molar-refractivity contribution is -0.117. The Morgan fingerprint density at radius 3 is 2.69 bits per heavy atom. The van der Waals surface area contributed by atoms with Gasteiger partial charge in [0.15, 0.2) is 11.6 Å². The quantitative estimate of drug-likeness (QED) is 0.709. The van der Waals surface area contributed by atoms with Gasteiger partial charge in [0.25, 0.3) is 5.56 Å². The molecule has 26 heavy (non-hydrogen) atoms. The number of carbonyl (C=O) groups excluding carboxylic acids is 1. The molecule has 136 valence electrons. The van der Waals surface area contributed by atoms with Gasteiger partial charge in [-0.25, -0.2) is 19.2 Å². The van der Waals surface area contributed by atoms with Crippen molar-refractivity contribution in [3.63, 3.8) is 0 Å². The van der Waals surface area contributed by atoms with Crippen LogP contribution in [0, 0.1) is 0 Å². The fourth-order valence-corrected chi connectivity index (χ4v) is 2.41. The van der Waals surface area contributed by atoms with Crippen molar-refractivity contribution >= 4 is 23.1 Å². The Morgan fingerprint density at radius 1 is 1.31 bits per heavy atom. The van der Waals surface area contributed by atoms with Gasteiger partial charge in [0.2, 0.25) is 5.91 Å². The maximum absolute atomic E-state index is 12.7. The summed E-state index contributed by atoms with van der Waals surface area (Å²) in [6, 6.07) is 3.26. The van der Waals surface area contributed by atoms with Crippen LogP contribution in [0.15, 0.2) is 29.5 Å². The molecule has 3 rings (SSSR count). The van der Waals surface area contributed by atoms with E-state index in [0.29, 0.717) is 23.0 Å². The molecule has 0 saturated carbocycles. The molecule has 0 spiro atoms. The summed E-state index contributed by atoms with van der Waals surface area (Å²) in [6.45, 7) is 3.69. The van der Waals surface area contributed by atoms with Gasteiger partial charge in [0, 0.05) is 32.3 Å². The number of nitrogens with one attached hydrogen (secondary N) is 1. The fraction of sp³-hybridized carbons (Fsp3) is 0.375. The number of fused-ring (bicyclic) bond motifs is 1. The predicted molar refractivity (Wildman–Crippen MR) is 96.3 cm³/mol. The van der Waals surface area contributed by atoms with Gasteiger partial charge in [-0.3, -0.25) is 9.59 Å². The lowest BCUT2D eigenvalue weighted by Gasteiger charge is -2.11. The van der Waals surface area contributed by atoms with Crippen LogP contribution in [-0.4, -0.2) is 49.4 Å². The average molecular weight is 356 g/mol. The molecule has 0 aliphatic heterocycles. The summed E-state index contributed by atoms with van der Waals surface area (Å²) in [5, 5.41) is 11.4. The Morgan fingerprint density at radius 2 is 2.08 bits per heavy atom. The average Bonchev–Trinajstić information content (AvgIpc) is 3.04. The SMILES string of the molecule is CC(C)c1nn(CC(=O)Nc2ccncn2)c(=O)c2cc(N(C)C)nn12. The van der Waals surface area contributed by atoms with Gasteiger partial charge < -0.3 is 10.2 Å². The molecule has 10 nitrogen and oxygen atoms in total. The van der Waals surface area contributed by atoms with Crippen LogP contribution in [-0.2, 0) is 11.3 Å². The highest BCUT2D eigenvalue weighted by atomic mass is 16.2. The molecule has 10 heteroatoms. The number of aromatic nitrogens is 6. The zero-order valence-electron chi connectivity index (χ0n) is 15.0. The van der Waals surface area contributed by atoms with Gasteiger partial charge in [0.1, 0.15) is 24.2 Å². The first-order chi connectivity index (χ1) is 12.4. The smallest absolute Gasteiger partial charge is 0.293 e. The molecule has 3 heterocycles. The van der Waals surface area contributed by atoms with E-state index in [0.717, 1.165) is 4.68 Å². The van der Waals surface area contributed by atoms with Crippen molar-refractivity contribution in [1.29, 1.82) is 0 Å². The Balaban J connectivity index is 1.99. The minimum absolute atomic E-state index is 0.0178. The van der Waals surface area contributed by atoms with Gasteiger partial charge in [-0.15, -0.1) is 5.10 Å². The van der Waals surface area contributed by atoms with Crippen molar-refractivity contribution in [2.24, 2.45) is 0 Å². The van der Waals surface area contributed by atoms with E-state index in [1.807, 2.05) is 32.8 Å². The van der Waals surface area contributed by atoms with E-state index < -0.39 is 5.91 Å². The first-order valence-corrected chi connectivity index (χ1v) is 8.11. The number of hydrogen-bond acceptors (Lipinski definition) is 7. The molecule has 0 aliphatic rings. The van der Waals surface area contributed by atoms with Crippen molar-refractivity contribution in [2.45, 2.75) is 26.3 Å². The molecule has 1 N–H and O–H groups in total.